The van der Waals surface area contributed by atoms with E-state index in [1.54, 1.807) is 0 Å². The van der Waals surface area contributed by atoms with Crippen molar-refractivity contribution < 1.29 is 9.63 Å². The van der Waals surface area contributed by atoms with E-state index >= 15 is 0 Å². The van der Waals surface area contributed by atoms with E-state index in [1.807, 2.05) is 6.92 Å². The van der Waals surface area contributed by atoms with E-state index in [2.05, 4.69) is 12.4 Å². The van der Waals surface area contributed by atoms with Crippen molar-refractivity contribution in [1.29, 1.82) is 0 Å². The van der Waals surface area contributed by atoms with E-state index in [9.17, 15) is 4.79 Å². The molecule has 3 nitrogen and oxygen atoms in total. The molecule has 0 spiro atoms. The topological polar surface area (TPSA) is 38.3 Å². The molecule has 0 unspecified atom stereocenters. The molecular weight excluding hydrogens is 178 g/mol. The summed E-state index contributed by atoms with van der Waals surface area (Å²) in [5.41, 5.74) is 2.40. The smallest absolute Gasteiger partial charge is 0.243 e. The molecule has 0 aromatic carbocycles. The van der Waals surface area contributed by atoms with Crippen molar-refractivity contribution in [3.63, 3.8) is 0 Å². The Morgan fingerprint density at radius 3 is 2.36 bits per heavy atom. The standard InChI is InChI=1S/C11H23NO2/c1-3-5-6-7-8-9-10-11(13)12-14-4-2/h3-10H2,1-2H3,(H,12,13). The van der Waals surface area contributed by atoms with Gasteiger partial charge in [0.2, 0.25) is 5.91 Å². The summed E-state index contributed by atoms with van der Waals surface area (Å²) in [7, 11) is 0. The van der Waals surface area contributed by atoms with E-state index in [4.69, 9.17) is 4.84 Å². The predicted molar refractivity (Wildman–Crippen MR) is 57.8 cm³/mol. The van der Waals surface area contributed by atoms with Crippen LogP contribution in [-0.4, -0.2) is 12.5 Å². The third kappa shape index (κ3) is 9.52. The molecule has 0 atom stereocenters. The Balaban J connectivity index is 3.07. The van der Waals surface area contributed by atoms with Crippen LogP contribution < -0.4 is 5.48 Å². The number of carbonyl (C=O) groups is 1. The summed E-state index contributed by atoms with van der Waals surface area (Å²) in [5, 5.41) is 0. The van der Waals surface area contributed by atoms with Gasteiger partial charge in [0.05, 0.1) is 6.61 Å². The Hall–Kier alpha value is -0.570. The van der Waals surface area contributed by atoms with Crippen molar-refractivity contribution in [2.24, 2.45) is 0 Å². The van der Waals surface area contributed by atoms with Gasteiger partial charge in [-0.15, -0.1) is 0 Å². The fourth-order valence-electron chi connectivity index (χ4n) is 1.27. The number of carbonyl (C=O) groups excluding carboxylic acids is 1. The van der Waals surface area contributed by atoms with Crippen LogP contribution in [0.15, 0.2) is 0 Å². The molecule has 0 aliphatic heterocycles. The van der Waals surface area contributed by atoms with Crippen LogP contribution >= 0.6 is 0 Å². The summed E-state index contributed by atoms with van der Waals surface area (Å²) in [6, 6.07) is 0. The van der Waals surface area contributed by atoms with E-state index in [-0.39, 0.29) is 5.91 Å². The number of rotatable bonds is 9. The molecule has 1 N–H and O–H groups in total. The van der Waals surface area contributed by atoms with Crippen LogP contribution in [0.3, 0.4) is 0 Å². The van der Waals surface area contributed by atoms with Crippen molar-refractivity contribution in [1.82, 2.24) is 5.48 Å². The SMILES string of the molecule is CCCCCCCCC(=O)NOCC. The van der Waals surface area contributed by atoms with Crippen LogP contribution in [0.2, 0.25) is 0 Å². The summed E-state index contributed by atoms with van der Waals surface area (Å²) in [6.07, 6.45) is 7.84. The summed E-state index contributed by atoms with van der Waals surface area (Å²) in [4.78, 5) is 15.8. The van der Waals surface area contributed by atoms with Crippen molar-refractivity contribution in [2.45, 2.75) is 58.8 Å². The van der Waals surface area contributed by atoms with Crippen LogP contribution in [0.5, 0.6) is 0 Å². The maximum atomic E-state index is 11.1. The fraction of sp³-hybridized carbons (Fsp3) is 0.909. The molecule has 3 heteroatoms. The lowest BCUT2D eigenvalue weighted by Gasteiger charge is -2.03. The van der Waals surface area contributed by atoms with Crippen LogP contribution in [0.25, 0.3) is 0 Å². The molecule has 0 rings (SSSR count). The monoisotopic (exact) mass is 201 g/mol. The van der Waals surface area contributed by atoms with E-state index in [0.29, 0.717) is 13.0 Å². The zero-order valence-corrected chi connectivity index (χ0v) is 9.47. The summed E-state index contributed by atoms with van der Waals surface area (Å²) in [5.74, 6) is 0.00217. The molecule has 0 aliphatic carbocycles. The molecule has 0 aliphatic rings. The van der Waals surface area contributed by atoms with Gasteiger partial charge in [-0.25, -0.2) is 5.48 Å². The largest absolute Gasteiger partial charge is 0.274 e. The number of hydrogen-bond acceptors (Lipinski definition) is 2. The number of nitrogens with one attached hydrogen (secondary N) is 1. The summed E-state index contributed by atoms with van der Waals surface area (Å²) < 4.78 is 0. The second kappa shape index (κ2) is 10.5. The Kier molecular flexibility index (Phi) is 10.1. The molecule has 0 radical (unpaired) electrons. The third-order valence-electron chi connectivity index (χ3n) is 2.09. The molecule has 0 saturated heterocycles. The quantitative estimate of drug-likeness (QED) is 0.460. The minimum absolute atomic E-state index is 0.00217. The van der Waals surface area contributed by atoms with Gasteiger partial charge in [0.1, 0.15) is 0 Å². The zero-order valence-electron chi connectivity index (χ0n) is 9.47. The van der Waals surface area contributed by atoms with Gasteiger partial charge in [-0.2, -0.15) is 0 Å². The molecular formula is C11H23NO2. The first-order valence-corrected chi connectivity index (χ1v) is 5.71. The number of amides is 1. The Bertz CT molecular complexity index is 137. The van der Waals surface area contributed by atoms with Crippen molar-refractivity contribution in [2.75, 3.05) is 6.61 Å². The average Bonchev–Trinajstić information content (AvgIpc) is 2.20. The van der Waals surface area contributed by atoms with Crippen LogP contribution in [0.4, 0.5) is 0 Å². The highest BCUT2D eigenvalue weighted by Crippen LogP contribution is 2.06. The van der Waals surface area contributed by atoms with Crippen LogP contribution in [0, 0.1) is 0 Å². The molecule has 0 aromatic rings. The van der Waals surface area contributed by atoms with E-state index in [1.165, 1.54) is 25.7 Å². The minimum Gasteiger partial charge on any atom is -0.274 e. The predicted octanol–water partition coefficient (Wildman–Crippen LogP) is 2.80. The van der Waals surface area contributed by atoms with Gasteiger partial charge >= 0.3 is 0 Å². The van der Waals surface area contributed by atoms with Crippen molar-refractivity contribution in [3.8, 4) is 0 Å². The maximum absolute atomic E-state index is 11.1. The first kappa shape index (κ1) is 13.4. The zero-order chi connectivity index (χ0) is 10.6. The van der Waals surface area contributed by atoms with Gasteiger partial charge < -0.3 is 0 Å². The number of hydrogen-bond donors (Lipinski definition) is 1. The Morgan fingerprint density at radius 2 is 1.71 bits per heavy atom. The second-order valence-corrected chi connectivity index (χ2v) is 3.48. The highest BCUT2D eigenvalue weighted by molar-refractivity contribution is 5.74. The van der Waals surface area contributed by atoms with Crippen LogP contribution in [0.1, 0.15) is 58.8 Å². The highest BCUT2D eigenvalue weighted by atomic mass is 16.6. The van der Waals surface area contributed by atoms with E-state index < -0.39 is 0 Å². The van der Waals surface area contributed by atoms with Crippen LogP contribution in [-0.2, 0) is 9.63 Å². The number of hydroxylamine groups is 1. The molecule has 0 heterocycles. The Morgan fingerprint density at radius 1 is 1.07 bits per heavy atom. The van der Waals surface area contributed by atoms with Crippen molar-refractivity contribution >= 4 is 5.91 Å². The molecule has 0 aromatic heterocycles. The third-order valence-corrected chi connectivity index (χ3v) is 2.09. The lowest BCUT2D eigenvalue weighted by Crippen LogP contribution is -2.23. The molecule has 0 bridgehead atoms. The summed E-state index contributed by atoms with van der Waals surface area (Å²) >= 11 is 0. The maximum Gasteiger partial charge on any atom is 0.243 e. The van der Waals surface area contributed by atoms with E-state index in [0.717, 1.165) is 12.8 Å². The molecule has 0 fully saturated rings. The van der Waals surface area contributed by atoms with Gasteiger partial charge in [-0.1, -0.05) is 39.0 Å². The lowest BCUT2D eigenvalue weighted by atomic mass is 10.1. The minimum atomic E-state index is 0.00217. The van der Waals surface area contributed by atoms with Gasteiger partial charge in [0.25, 0.3) is 0 Å². The van der Waals surface area contributed by atoms with Crippen molar-refractivity contribution in [3.05, 3.63) is 0 Å². The second-order valence-electron chi connectivity index (χ2n) is 3.48. The molecule has 1 amide bonds. The first-order chi connectivity index (χ1) is 6.81. The van der Waals surface area contributed by atoms with Gasteiger partial charge in [-0.05, 0) is 13.3 Å². The average molecular weight is 201 g/mol. The van der Waals surface area contributed by atoms with Gasteiger partial charge in [0, 0.05) is 6.42 Å². The van der Waals surface area contributed by atoms with Gasteiger partial charge in [-0.3, -0.25) is 9.63 Å². The highest BCUT2D eigenvalue weighted by Gasteiger charge is 1.99. The Labute approximate surface area is 87.2 Å². The normalized spacial score (nSPS) is 10.1. The van der Waals surface area contributed by atoms with Gasteiger partial charge in [0.15, 0.2) is 0 Å². The fourth-order valence-corrected chi connectivity index (χ4v) is 1.27. The molecule has 84 valence electrons. The number of unbranched alkanes of at least 4 members (excludes halogenated alkanes) is 5. The molecule has 0 saturated carbocycles. The summed E-state index contributed by atoms with van der Waals surface area (Å²) in [6.45, 7) is 4.59. The lowest BCUT2D eigenvalue weighted by molar-refractivity contribution is -0.133. The first-order valence-electron chi connectivity index (χ1n) is 5.71. The molecule has 14 heavy (non-hydrogen) atoms.